The number of methoxy groups -OCH3 is 1. The topological polar surface area (TPSA) is 97.6 Å². The average Bonchev–Trinajstić information content (AvgIpc) is 3.53. The first-order valence-electron chi connectivity index (χ1n) is 11.8. The average molecular weight is 461 g/mol. The van der Waals surface area contributed by atoms with E-state index in [0.717, 1.165) is 29.7 Å². The third-order valence-electron chi connectivity index (χ3n) is 6.72. The van der Waals surface area contributed by atoms with Crippen LogP contribution in [-0.4, -0.2) is 46.6 Å². The fourth-order valence-electron chi connectivity index (χ4n) is 4.79. The summed E-state index contributed by atoms with van der Waals surface area (Å²) in [7, 11) is 1.62. The van der Waals surface area contributed by atoms with Crippen LogP contribution < -0.4 is 10.1 Å². The van der Waals surface area contributed by atoms with Crippen molar-refractivity contribution in [3.05, 3.63) is 48.5 Å². The van der Waals surface area contributed by atoms with Gasteiger partial charge in [-0.05, 0) is 61.4 Å². The largest absolute Gasteiger partial charge is 0.497 e. The zero-order chi connectivity index (χ0) is 23.5. The maximum Gasteiger partial charge on any atom is 0.258 e. The Bertz CT molecular complexity index is 1150. The fourth-order valence-corrected chi connectivity index (χ4v) is 4.79. The van der Waals surface area contributed by atoms with E-state index in [9.17, 15) is 9.59 Å². The molecular weight excluding hydrogens is 432 g/mol. The van der Waals surface area contributed by atoms with Crippen LogP contribution in [0.2, 0.25) is 0 Å². The molecule has 2 fully saturated rings. The van der Waals surface area contributed by atoms with Crippen LogP contribution in [0.3, 0.4) is 0 Å². The minimum Gasteiger partial charge on any atom is -0.497 e. The highest BCUT2D eigenvalue weighted by Gasteiger charge is 2.38. The normalized spacial score (nSPS) is 18.8. The van der Waals surface area contributed by atoms with E-state index in [1.54, 1.807) is 19.2 Å². The number of carbonyl (C=O) groups is 2. The number of likely N-dealkylation sites (tertiary alicyclic amines) is 1. The molecule has 3 aromatic rings. The minimum atomic E-state index is -0.308. The van der Waals surface area contributed by atoms with E-state index in [1.807, 2.05) is 41.3 Å². The van der Waals surface area contributed by atoms with E-state index in [-0.39, 0.29) is 24.2 Å². The van der Waals surface area contributed by atoms with Gasteiger partial charge in [0.05, 0.1) is 13.0 Å². The van der Waals surface area contributed by atoms with Gasteiger partial charge in [-0.2, -0.15) is 4.98 Å². The lowest BCUT2D eigenvalue weighted by Gasteiger charge is -2.31. The van der Waals surface area contributed by atoms with E-state index in [1.165, 1.54) is 19.3 Å². The number of hydrogen-bond acceptors (Lipinski definition) is 6. The molecule has 1 saturated carbocycles. The van der Waals surface area contributed by atoms with Crippen LogP contribution in [0.1, 0.15) is 38.5 Å². The van der Waals surface area contributed by atoms with Crippen LogP contribution in [0.25, 0.3) is 22.8 Å². The number of hydrogen-bond donors (Lipinski definition) is 1. The molecule has 1 atom stereocenters. The monoisotopic (exact) mass is 460 g/mol. The molecule has 0 bridgehead atoms. The Hall–Kier alpha value is -3.68. The molecule has 5 rings (SSSR count). The Morgan fingerprint density at radius 2 is 1.74 bits per heavy atom. The molecule has 2 amide bonds. The predicted octanol–water partition coefficient (Wildman–Crippen LogP) is 4.53. The molecule has 1 N–H and O–H groups in total. The van der Waals surface area contributed by atoms with Crippen molar-refractivity contribution in [2.45, 2.75) is 44.6 Å². The summed E-state index contributed by atoms with van der Waals surface area (Å²) in [4.78, 5) is 31.7. The zero-order valence-electron chi connectivity index (χ0n) is 19.2. The lowest BCUT2D eigenvalue weighted by atomic mass is 9.94. The molecule has 8 nitrogen and oxygen atoms in total. The Labute approximate surface area is 198 Å². The van der Waals surface area contributed by atoms with Crippen LogP contribution in [-0.2, 0) is 9.59 Å². The van der Waals surface area contributed by atoms with Crippen molar-refractivity contribution in [3.8, 4) is 28.6 Å². The molecule has 0 radical (unpaired) electrons. The van der Waals surface area contributed by atoms with Crippen LogP contribution in [0, 0.1) is 5.92 Å². The summed E-state index contributed by atoms with van der Waals surface area (Å²) in [6, 6.07) is 15.0. The van der Waals surface area contributed by atoms with E-state index >= 15 is 0 Å². The molecule has 0 unspecified atom stereocenters. The van der Waals surface area contributed by atoms with E-state index in [2.05, 4.69) is 15.5 Å². The van der Waals surface area contributed by atoms with Gasteiger partial charge in [-0.15, -0.1) is 0 Å². The van der Waals surface area contributed by atoms with Crippen LogP contribution in [0.4, 0.5) is 5.69 Å². The first-order chi connectivity index (χ1) is 16.6. The van der Waals surface area contributed by atoms with Gasteiger partial charge in [-0.1, -0.05) is 24.4 Å². The Balaban J connectivity index is 1.20. The summed E-state index contributed by atoms with van der Waals surface area (Å²) in [5, 5.41) is 7.01. The second kappa shape index (κ2) is 9.67. The molecule has 2 aliphatic rings. The number of nitrogens with one attached hydrogen (secondary N) is 1. The highest BCUT2D eigenvalue weighted by Crippen LogP contribution is 2.30. The number of rotatable bonds is 6. The van der Waals surface area contributed by atoms with Gasteiger partial charge >= 0.3 is 0 Å². The third kappa shape index (κ3) is 4.66. The number of anilines is 1. The molecule has 1 aliphatic heterocycles. The number of ether oxygens (including phenoxy) is 1. The van der Waals surface area contributed by atoms with Gasteiger partial charge in [0.2, 0.25) is 17.6 Å². The Kier molecular flexibility index (Phi) is 6.29. The second-order valence-corrected chi connectivity index (χ2v) is 8.96. The summed E-state index contributed by atoms with van der Waals surface area (Å²) >= 11 is 0. The van der Waals surface area contributed by atoms with Gasteiger partial charge in [-0.3, -0.25) is 9.59 Å². The number of nitrogens with zero attached hydrogens (tertiary/aromatic N) is 3. The van der Waals surface area contributed by atoms with Crippen LogP contribution in [0.15, 0.2) is 53.1 Å². The van der Waals surface area contributed by atoms with E-state index < -0.39 is 0 Å². The first-order valence-corrected chi connectivity index (χ1v) is 11.8. The standard InChI is InChI=1S/C26H28N4O4/c1-33-22-13-9-17(10-14-22)24-28-26(34-29-24)18-7-11-20(12-8-18)27-25(32)19-15-23(31)30(16-19)21-5-3-2-4-6-21/h7-14,19,21H,2-6,15-16H2,1H3,(H,27,32)/t19-/m1/s1. The molecule has 1 saturated heterocycles. The SMILES string of the molecule is COc1ccc(-c2noc(-c3ccc(NC(=O)[C@@H]4CC(=O)N(C5CCCCC5)C4)cc3)n2)cc1. The second-order valence-electron chi connectivity index (χ2n) is 8.96. The molecule has 2 heterocycles. The molecule has 34 heavy (non-hydrogen) atoms. The maximum atomic E-state index is 12.8. The third-order valence-corrected chi connectivity index (χ3v) is 6.72. The number of aromatic nitrogens is 2. The molecule has 1 aromatic heterocycles. The van der Waals surface area contributed by atoms with Crippen LogP contribution >= 0.6 is 0 Å². The Morgan fingerprint density at radius 1 is 1.03 bits per heavy atom. The molecule has 1 aliphatic carbocycles. The molecule has 176 valence electrons. The van der Waals surface area contributed by atoms with Crippen molar-refractivity contribution < 1.29 is 18.8 Å². The quantitative estimate of drug-likeness (QED) is 0.580. The smallest absolute Gasteiger partial charge is 0.258 e. The van der Waals surface area contributed by atoms with Crippen molar-refractivity contribution in [1.29, 1.82) is 0 Å². The highest BCUT2D eigenvalue weighted by atomic mass is 16.5. The minimum absolute atomic E-state index is 0.103. The lowest BCUT2D eigenvalue weighted by Crippen LogP contribution is -2.38. The molecular formula is C26H28N4O4. The fraction of sp³-hybridized carbons (Fsp3) is 0.385. The first kappa shape index (κ1) is 22.1. The van der Waals surface area contributed by atoms with Gasteiger partial charge in [0, 0.05) is 35.8 Å². The van der Waals surface area contributed by atoms with Crippen molar-refractivity contribution in [2.24, 2.45) is 5.92 Å². The van der Waals surface area contributed by atoms with E-state index in [0.29, 0.717) is 30.0 Å². The predicted molar refractivity (Wildman–Crippen MR) is 127 cm³/mol. The van der Waals surface area contributed by atoms with Gasteiger partial charge in [-0.25, -0.2) is 0 Å². The molecule has 8 heteroatoms. The zero-order valence-corrected chi connectivity index (χ0v) is 19.2. The number of amides is 2. The van der Waals surface area contributed by atoms with Gasteiger partial charge in [0.25, 0.3) is 5.89 Å². The van der Waals surface area contributed by atoms with Gasteiger partial charge in [0.15, 0.2) is 0 Å². The summed E-state index contributed by atoms with van der Waals surface area (Å²) in [5.74, 6) is 1.33. The van der Waals surface area contributed by atoms with Crippen molar-refractivity contribution in [1.82, 2.24) is 15.0 Å². The summed E-state index contributed by atoms with van der Waals surface area (Å²) in [6.07, 6.45) is 5.97. The van der Waals surface area contributed by atoms with Crippen molar-refractivity contribution in [3.63, 3.8) is 0 Å². The summed E-state index contributed by atoms with van der Waals surface area (Å²) < 4.78 is 10.6. The number of benzene rings is 2. The van der Waals surface area contributed by atoms with Gasteiger partial charge in [0.1, 0.15) is 5.75 Å². The Morgan fingerprint density at radius 3 is 2.44 bits per heavy atom. The molecule has 2 aromatic carbocycles. The lowest BCUT2D eigenvalue weighted by molar-refractivity contribution is -0.130. The van der Waals surface area contributed by atoms with E-state index in [4.69, 9.17) is 9.26 Å². The van der Waals surface area contributed by atoms with Crippen molar-refractivity contribution >= 4 is 17.5 Å². The number of carbonyl (C=O) groups excluding carboxylic acids is 2. The van der Waals surface area contributed by atoms with Gasteiger partial charge < -0.3 is 19.5 Å². The maximum absolute atomic E-state index is 12.8. The van der Waals surface area contributed by atoms with Crippen LogP contribution in [0.5, 0.6) is 5.75 Å². The highest BCUT2D eigenvalue weighted by molar-refractivity contribution is 5.97. The summed E-state index contributed by atoms with van der Waals surface area (Å²) in [5.41, 5.74) is 2.25. The van der Waals surface area contributed by atoms with Crippen molar-refractivity contribution in [2.75, 3.05) is 19.0 Å². The summed E-state index contributed by atoms with van der Waals surface area (Å²) in [6.45, 7) is 0.517. The molecule has 0 spiro atoms.